The number of hydrogen-bond donors (Lipinski definition) is 1. The van der Waals surface area contributed by atoms with Gasteiger partial charge in [-0.1, -0.05) is 0 Å². The number of pyridine rings is 1. The summed E-state index contributed by atoms with van der Waals surface area (Å²) >= 11 is 0. The number of rotatable bonds is 6. The van der Waals surface area contributed by atoms with Crippen molar-refractivity contribution < 1.29 is 14.6 Å². The van der Waals surface area contributed by atoms with Crippen LogP contribution in [0.5, 0.6) is 0 Å². The molecule has 1 aliphatic heterocycles. The van der Waals surface area contributed by atoms with Gasteiger partial charge in [0.05, 0.1) is 18.8 Å². The van der Waals surface area contributed by atoms with Gasteiger partial charge in [-0.2, -0.15) is 0 Å². The zero-order chi connectivity index (χ0) is 18.0. The lowest BCUT2D eigenvalue weighted by Gasteiger charge is -2.56. The summed E-state index contributed by atoms with van der Waals surface area (Å²) in [7, 11) is 4.08. The monoisotopic (exact) mass is 347 g/mol. The zero-order valence-electron chi connectivity index (χ0n) is 15.4. The molecule has 138 valence electrons. The Morgan fingerprint density at radius 3 is 2.64 bits per heavy atom. The molecule has 1 aromatic rings. The smallest absolute Gasteiger partial charge is 0.161 e. The van der Waals surface area contributed by atoms with E-state index in [2.05, 4.69) is 14.8 Å². The largest absolute Gasteiger partial charge is 0.392 e. The standard InChI is InChI=1S/C19H29N3O3/c1-14(23)15-4-5-18(20-13-15)22-8-6-19(7-9-22)16(24)12-17(19)25-11-10-21(2)3/h4-5,13,16-17,24H,6-12H2,1-3H3/t16-,17+/m0/s1. The summed E-state index contributed by atoms with van der Waals surface area (Å²) in [4.78, 5) is 20.1. The molecule has 6 heteroatoms. The van der Waals surface area contributed by atoms with Crippen molar-refractivity contribution >= 4 is 11.6 Å². The van der Waals surface area contributed by atoms with E-state index in [0.29, 0.717) is 12.2 Å². The highest BCUT2D eigenvalue weighted by Gasteiger charge is 2.56. The number of carbonyl (C=O) groups is 1. The van der Waals surface area contributed by atoms with Crippen molar-refractivity contribution in [2.45, 2.75) is 38.4 Å². The van der Waals surface area contributed by atoms with E-state index in [4.69, 9.17) is 4.74 Å². The van der Waals surface area contributed by atoms with Gasteiger partial charge in [-0.25, -0.2) is 4.98 Å². The summed E-state index contributed by atoms with van der Waals surface area (Å²) in [5.74, 6) is 0.936. The number of hydrogen-bond acceptors (Lipinski definition) is 6. The van der Waals surface area contributed by atoms with Crippen LogP contribution in [0.25, 0.3) is 0 Å². The highest BCUT2D eigenvalue weighted by atomic mass is 16.5. The lowest BCUT2D eigenvalue weighted by molar-refractivity contribution is -0.202. The van der Waals surface area contributed by atoms with Crippen LogP contribution in [0, 0.1) is 5.41 Å². The zero-order valence-corrected chi connectivity index (χ0v) is 15.4. The minimum atomic E-state index is -0.257. The van der Waals surface area contributed by atoms with Gasteiger partial charge >= 0.3 is 0 Å². The first kappa shape index (κ1) is 18.3. The predicted molar refractivity (Wildman–Crippen MR) is 97.0 cm³/mol. The van der Waals surface area contributed by atoms with E-state index in [1.165, 1.54) is 0 Å². The van der Waals surface area contributed by atoms with Crippen molar-refractivity contribution in [3.63, 3.8) is 0 Å². The number of piperidine rings is 1. The topological polar surface area (TPSA) is 65.9 Å². The second-order valence-electron chi connectivity index (χ2n) is 7.60. The van der Waals surface area contributed by atoms with E-state index in [-0.39, 0.29) is 23.4 Å². The molecule has 25 heavy (non-hydrogen) atoms. The summed E-state index contributed by atoms with van der Waals surface area (Å²) in [5.41, 5.74) is 0.545. The SMILES string of the molecule is CC(=O)c1ccc(N2CCC3(CC2)[C@@H](O)C[C@H]3OCCN(C)C)nc1. The van der Waals surface area contributed by atoms with Crippen molar-refractivity contribution in [3.05, 3.63) is 23.9 Å². The Hall–Kier alpha value is -1.50. The number of ether oxygens (including phenoxy) is 1. The third kappa shape index (κ3) is 3.71. The third-order valence-corrected chi connectivity index (χ3v) is 5.77. The molecule has 0 amide bonds. The molecule has 1 saturated carbocycles. The Labute approximate surface area is 149 Å². The number of anilines is 1. The van der Waals surface area contributed by atoms with E-state index >= 15 is 0 Å². The highest BCUT2D eigenvalue weighted by molar-refractivity contribution is 5.93. The van der Waals surface area contributed by atoms with Crippen LogP contribution in [-0.2, 0) is 4.74 Å². The average molecular weight is 347 g/mol. The van der Waals surface area contributed by atoms with Gasteiger partial charge in [-0.15, -0.1) is 0 Å². The molecule has 2 heterocycles. The summed E-state index contributed by atoms with van der Waals surface area (Å²) in [5, 5.41) is 10.4. The number of nitrogens with zero attached hydrogens (tertiary/aromatic N) is 3. The van der Waals surface area contributed by atoms with Crippen molar-refractivity contribution in [1.29, 1.82) is 0 Å². The van der Waals surface area contributed by atoms with E-state index in [9.17, 15) is 9.90 Å². The molecular formula is C19H29N3O3. The van der Waals surface area contributed by atoms with Crippen LogP contribution in [0.4, 0.5) is 5.82 Å². The molecule has 1 aromatic heterocycles. The number of ketones is 1. The summed E-state index contributed by atoms with van der Waals surface area (Å²) < 4.78 is 6.06. The van der Waals surface area contributed by atoms with Crippen LogP contribution in [0.1, 0.15) is 36.5 Å². The maximum atomic E-state index is 11.4. The molecule has 1 N–H and O–H groups in total. The second-order valence-corrected chi connectivity index (χ2v) is 7.60. The Morgan fingerprint density at radius 1 is 1.40 bits per heavy atom. The fourth-order valence-electron chi connectivity index (χ4n) is 3.93. The van der Waals surface area contributed by atoms with Crippen molar-refractivity contribution in [2.24, 2.45) is 5.41 Å². The number of carbonyl (C=O) groups excluding carboxylic acids is 1. The van der Waals surface area contributed by atoms with Gasteiger partial charge in [0.25, 0.3) is 0 Å². The molecule has 1 aliphatic carbocycles. The number of aromatic nitrogens is 1. The first-order valence-corrected chi connectivity index (χ1v) is 9.09. The summed E-state index contributed by atoms with van der Waals surface area (Å²) in [6.45, 7) is 4.88. The van der Waals surface area contributed by atoms with E-state index < -0.39 is 0 Å². The van der Waals surface area contributed by atoms with Crippen molar-refractivity contribution in [2.75, 3.05) is 45.2 Å². The highest BCUT2D eigenvalue weighted by Crippen LogP contribution is 2.51. The van der Waals surface area contributed by atoms with Crippen LogP contribution in [-0.4, -0.2) is 73.3 Å². The predicted octanol–water partition coefficient (Wildman–Crippen LogP) is 1.58. The second kappa shape index (κ2) is 7.40. The molecule has 6 nitrogen and oxygen atoms in total. The normalized spacial score (nSPS) is 25.2. The molecule has 1 saturated heterocycles. The molecule has 3 rings (SSSR count). The Kier molecular flexibility index (Phi) is 5.41. The van der Waals surface area contributed by atoms with Crippen LogP contribution < -0.4 is 4.90 Å². The molecule has 0 unspecified atom stereocenters. The number of likely N-dealkylation sites (N-methyl/N-ethyl adjacent to an activating group) is 1. The van der Waals surface area contributed by atoms with Crippen LogP contribution in [0.3, 0.4) is 0 Å². The minimum absolute atomic E-state index is 0.0342. The lowest BCUT2D eigenvalue weighted by Crippen LogP contribution is -2.62. The summed E-state index contributed by atoms with van der Waals surface area (Å²) in [6.07, 6.45) is 4.13. The van der Waals surface area contributed by atoms with Crippen LogP contribution in [0.15, 0.2) is 18.3 Å². The first-order chi connectivity index (χ1) is 11.9. The molecular weight excluding hydrogens is 318 g/mol. The first-order valence-electron chi connectivity index (χ1n) is 9.09. The average Bonchev–Trinajstić information content (AvgIpc) is 2.61. The molecule has 2 fully saturated rings. The van der Waals surface area contributed by atoms with E-state index in [1.54, 1.807) is 13.1 Å². The molecule has 1 spiro atoms. The lowest BCUT2D eigenvalue weighted by atomic mass is 9.58. The fourth-order valence-corrected chi connectivity index (χ4v) is 3.93. The third-order valence-electron chi connectivity index (χ3n) is 5.77. The van der Waals surface area contributed by atoms with Crippen LogP contribution in [0.2, 0.25) is 0 Å². The number of aliphatic hydroxyl groups excluding tert-OH is 1. The van der Waals surface area contributed by atoms with E-state index in [0.717, 1.165) is 44.7 Å². The van der Waals surface area contributed by atoms with Crippen molar-refractivity contribution in [3.8, 4) is 0 Å². The van der Waals surface area contributed by atoms with Gasteiger partial charge < -0.3 is 19.6 Å². The van der Waals surface area contributed by atoms with Gasteiger partial charge in [0.1, 0.15) is 5.82 Å². The molecule has 2 atom stereocenters. The Morgan fingerprint density at radius 2 is 2.12 bits per heavy atom. The van der Waals surface area contributed by atoms with Crippen molar-refractivity contribution in [1.82, 2.24) is 9.88 Å². The maximum Gasteiger partial charge on any atom is 0.161 e. The molecule has 2 aliphatic rings. The van der Waals surface area contributed by atoms with E-state index in [1.807, 2.05) is 26.2 Å². The summed E-state index contributed by atoms with van der Waals surface area (Å²) in [6, 6.07) is 3.75. The Bertz CT molecular complexity index is 594. The number of Topliss-reactive ketones (excluding diaryl/α,β-unsaturated/α-hetero) is 1. The van der Waals surface area contributed by atoms with Gasteiger partial charge in [0.15, 0.2) is 5.78 Å². The molecule has 0 bridgehead atoms. The van der Waals surface area contributed by atoms with Gasteiger partial charge in [0.2, 0.25) is 0 Å². The van der Waals surface area contributed by atoms with Gasteiger partial charge in [0, 0.05) is 43.2 Å². The fraction of sp³-hybridized carbons (Fsp3) is 0.684. The molecule has 0 aromatic carbocycles. The minimum Gasteiger partial charge on any atom is -0.392 e. The quantitative estimate of drug-likeness (QED) is 0.788. The maximum absolute atomic E-state index is 11.4. The van der Waals surface area contributed by atoms with Gasteiger partial charge in [-0.3, -0.25) is 4.79 Å². The molecule has 0 radical (unpaired) electrons. The van der Waals surface area contributed by atoms with Crippen LogP contribution >= 0.6 is 0 Å². The Balaban J connectivity index is 1.57. The van der Waals surface area contributed by atoms with Gasteiger partial charge in [-0.05, 0) is 46.0 Å². The number of aliphatic hydroxyl groups is 1.